The number of hydrogen-bond donors (Lipinski definition) is 0. The summed E-state index contributed by atoms with van der Waals surface area (Å²) in [5, 5.41) is 0. The van der Waals surface area contributed by atoms with E-state index < -0.39 is 16.9 Å². The topological polar surface area (TPSA) is 77.5 Å². The van der Waals surface area contributed by atoms with Crippen LogP contribution in [0.5, 0.6) is 11.5 Å². The summed E-state index contributed by atoms with van der Waals surface area (Å²) in [5.41, 5.74) is 5.26. The van der Waals surface area contributed by atoms with E-state index in [0.717, 1.165) is 44.9 Å². The molecule has 1 heterocycles. The Kier molecular flexibility index (Phi) is 13.9. The van der Waals surface area contributed by atoms with Crippen molar-refractivity contribution in [2.24, 2.45) is 0 Å². The average molecular weight is 787 g/mol. The van der Waals surface area contributed by atoms with Gasteiger partial charge in [0.1, 0.15) is 11.5 Å². The van der Waals surface area contributed by atoms with Crippen LogP contribution in [0, 0.1) is 0 Å². The fraction of sp³-hybridized carbons (Fsp3) is 0.682. The molecule has 304 valence electrons. The monoisotopic (exact) mass is 786 g/mol. The lowest BCUT2D eigenvalue weighted by atomic mass is 9.78. The normalized spacial score (nSPS) is 17.9. The lowest BCUT2D eigenvalue weighted by Crippen LogP contribution is -2.55. The Morgan fingerprint density at radius 2 is 0.722 bits per heavy atom. The van der Waals surface area contributed by atoms with Crippen LogP contribution in [0.15, 0.2) is 24.3 Å². The molecule has 0 aromatic heterocycles. The van der Waals surface area contributed by atoms with Crippen LogP contribution in [0.1, 0.15) is 171 Å². The van der Waals surface area contributed by atoms with Crippen molar-refractivity contribution in [2.45, 2.75) is 183 Å². The number of rotatable bonds is 10. The average Bonchev–Trinajstić information content (AvgIpc) is 2.98. The molecule has 1 saturated heterocycles. The molecule has 0 spiro atoms. The molecule has 3 rings (SSSR count). The Morgan fingerprint density at radius 3 is 0.907 bits per heavy atom. The smallest absolute Gasteiger partial charge is 0.305 e. The number of nitrogens with zero attached hydrogens (tertiary/aromatic N) is 2. The number of ether oxygens (including phenoxy) is 2. The van der Waals surface area contributed by atoms with Crippen molar-refractivity contribution in [3.8, 4) is 11.5 Å². The van der Waals surface area contributed by atoms with Gasteiger partial charge in [0, 0.05) is 46.2 Å². The fourth-order valence-electron chi connectivity index (χ4n) is 6.39. The van der Waals surface area contributed by atoms with E-state index in [9.17, 15) is 9.59 Å². The SMILES string of the molecule is COC(=O)CCc1cc(C(C)(C)C)c(OP2N(C(C)(C)C)P(Oc3c(C(C)(C)C)cc(CCC(=O)OC)cc3C(C)(C)C)N2C(C)(C)C)c(C(C)(C)C)c1. The Balaban J connectivity index is 2.28. The zero-order valence-corrected chi connectivity index (χ0v) is 39.2. The number of hydrogen-bond acceptors (Lipinski definition) is 8. The molecule has 0 N–H and O–H groups in total. The minimum atomic E-state index is -1.32. The molecule has 2 aromatic carbocycles. The molecule has 0 aliphatic carbocycles. The van der Waals surface area contributed by atoms with Gasteiger partial charge in [-0.25, -0.2) is 0 Å². The Morgan fingerprint density at radius 1 is 0.481 bits per heavy atom. The van der Waals surface area contributed by atoms with Gasteiger partial charge in [0.2, 0.25) is 0 Å². The van der Waals surface area contributed by atoms with Crippen LogP contribution in [-0.4, -0.2) is 46.1 Å². The van der Waals surface area contributed by atoms with E-state index in [0.29, 0.717) is 25.7 Å². The van der Waals surface area contributed by atoms with Gasteiger partial charge in [-0.1, -0.05) is 107 Å². The van der Waals surface area contributed by atoms with Gasteiger partial charge in [-0.3, -0.25) is 9.59 Å². The molecule has 1 fully saturated rings. The number of carbonyl (C=O) groups excluding carboxylic acids is 2. The molecule has 0 bridgehead atoms. The Hall–Kier alpha value is -2.24. The summed E-state index contributed by atoms with van der Waals surface area (Å²) >= 11 is 0. The summed E-state index contributed by atoms with van der Waals surface area (Å²) < 4.78 is 30.0. The van der Waals surface area contributed by atoms with E-state index in [-0.39, 0.29) is 44.7 Å². The van der Waals surface area contributed by atoms with E-state index in [2.05, 4.69) is 158 Å². The molecule has 0 saturated carbocycles. The summed E-state index contributed by atoms with van der Waals surface area (Å²) in [5.74, 6) is 1.42. The van der Waals surface area contributed by atoms with E-state index >= 15 is 0 Å². The van der Waals surface area contributed by atoms with E-state index in [1.807, 2.05) is 0 Å². The maximum absolute atomic E-state index is 12.2. The van der Waals surface area contributed by atoms with Gasteiger partial charge in [-0.05, 0) is 87.2 Å². The van der Waals surface area contributed by atoms with Crippen LogP contribution in [0.2, 0.25) is 0 Å². The van der Waals surface area contributed by atoms with Gasteiger partial charge in [-0.15, -0.1) is 0 Å². The highest BCUT2D eigenvalue weighted by Crippen LogP contribution is 2.81. The second-order valence-electron chi connectivity index (χ2n) is 20.8. The molecule has 1 aliphatic heterocycles. The molecule has 10 heteroatoms. The van der Waals surface area contributed by atoms with Crippen LogP contribution in [0.3, 0.4) is 0 Å². The van der Waals surface area contributed by atoms with Gasteiger partial charge in [0.05, 0.1) is 14.2 Å². The maximum atomic E-state index is 12.2. The lowest BCUT2D eigenvalue weighted by Gasteiger charge is -2.61. The van der Waals surface area contributed by atoms with E-state index in [1.54, 1.807) is 0 Å². The first-order valence-corrected chi connectivity index (χ1v) is 21.7. The quantitative estimate of drug-likeness (QED) is 0.174. The minimum Gasteiger partial charge on any atom is -0.469 e. The molecule has 54 heavy (non-hydrogen) atoms. The fourth-order valence-corrected chi connectivity index (χ4v) is 11.7. The van der Waals surface area contributed by atoms with Gasteiger partial charge in [0.15, 0.2) is 0 Å². The molecule has 0 atom stereocenters. The van der Waals surface area contributed by atoms with Crippen molar-refractivity contribution in [3.63, 3.8) is 0 Å². The summed E-state index contributed by atoms with van der Waals surface area (Å²) in [7, 11) is 0.242. The molecule has 0 radical (unpaired) electrons. The third-order valence-electron chi connectivity index (χ3n) is 9.41. The van der Waals surface area contributed by atoms with Gasteiger partial charge in [0.25, 0.3) is 16.9 Å². The van der Waals surface area contributed by atoms with E-state index in [1.165, 1.54) is 14.2 Å². The first-order chi connectivity index (χ1) is 24.3. The molecule has 0 unspecified atom stereocenters. The predicted octanol–water partition coefficient (Wildman–Crippen LogP) is 12.2. The predicted molar refractivity (Wildman–Crippen MR) is 227 cm³/mol. The summed E-state index contributed by atoms with van der Waals surface area (Å²) in [6.07, 6.45) is 1.85. The van der Waals surface area contributed by atoms with Crippen LogP contribution in [0.25, 0.3) is 0 Å². The summed E-state index contributed by atoms with van der Waals surface area (Å²) in [4.78, 5) is 24.4. The Bertz CT molecular complexity index is 1460. The van der Waals surface area contributed by atoms with E-state index in [4.69, 9.17) is 18.5 Å². The first kappa shape index (κ1) is 46.1. The van der Waals surface area contributed by atoms with Crippen molar-refractivity contribution in [1.29, 1.82) is 0 Å². The molecular weight excluding hydrogens is 714 g/mol. The highest BCUT2D eigenvalue weighted by molar-refractivity contribution is 7.78. The number of esters is 2. The highest BCUT2D eigenvalue weighted by Gasteiger charge is 2.62. The number of carbonyl (C=O) groups is 2. The number of methoxy groups -OCH3 is 2. The van der Waals surface area contributed by atoms with Crippen molar-refractivity contribution in [1.82, 2.24) is 8.88 Å². The van der Waals surface area contributed by atoms with Crippen molar-refractivity contribution in [3.05, 3.63) is 57.6 Å². The van der Waals surface area contributed by atoms with Crippen molar-refractivity contribution >= 4 is 28.8 Å². The standard InChI is InChI=1S/C44H72N2O6P2/c1-39(2,3)31-25-29(21-23-35(47)49-19)26-32(40(4,5)6)37(31)51-53-45(43(13,14)15)54(46(53)44(16,17)18)52-38-33(41(7,8)9)27-30(22-24-36(48)50-20)28-34(38)42(10,11)12/h25-28H,21-24H2,1-20H3. The van der Waals surface area contributed by atoms with Gasteiger partial charge >= 0.3 is 11.9 Å². The third kappa shape index (κ3) is 11.0. The number of aryl methyl sites for hydroxylation is 2. The van der Waals surface area contributed by atoms with Crippen LogP contribution >= 0.6 is 16.9 Å². The van der Waals surface area contributed by atoms with Gasteiger partial charge in [-0.2, -0.15) is 8.88 Å². The summed E-state index contributed by atoms with van der Waals surface area (Å²) in [6, 6.07) is 8.94. The largest absolute Gasteiger partial charge is 0.469 e. The zero-order chi connectivity index (χ0) is 41.6. The Labute approximate surface area is 331 Å². The second kappa shape index (κ2) is 16.3. The van der Waals surface area contributed by atoms with Crippen LogP contribution < -0.4 is 9.05 Å². The summed E-state index contributed by atoms with van der Waals surface area (Å²) in [6.45, 7) is 40.3. The molecular formula is C44H72N2O6P2. The van der Waals surface area contributed by atoms with Crippen molar-refractivity contribution < 1.29 is 28.1 Å². The lowest BCUT2D eigenvalue weighted by molar-refractivity contribution is -0.141. The zero-order valence-electron chi connectivity index (χ0n) is 37.4. The maximum Gasteiger partial charge on any atom is 0.305 e. The second-order valence-corrected chi connectivity index (χ2v) is 24.4. The first-order valence-electron chi connectivity index (χ1n) is 19.4. The van der Waals surface area contributed by atoms with Crippen LogP contribution in [0.4, 0.5) is 0 Å². The molecule has 8 nitrogen and oxygen atoms in total. The molecule has 1 aliphatic rings. The minimum absolute atomic E-state index is 0.210. The molecule has 0 amide bonds. The van der Waals surface area contributed by atoms with Crippen LogP contribution in [-0.2, 0) is 53.6 Å². The van der Waals surface area contributed by atoms with Gasteiger partial charge < -0.3 is 18.5 Å². The molecule has 2 aromatic rings. The van der Waals surface area contributed by atoms with Crippen molar-refractivity contribution in [2.75, 3.05) is 14.2 Å². The third-order valence-corrected chi connectivity index (χ3v) is 15.6. The number of benzene rings is 2. The highest BCUT2D eigenvalue weighted by atomic mass is 31.3.